The molecule has 6 nitrogen and oxygen atoms in total. The summed E-state index contributed by atoms with van der Waals surface area (Å²) in [5.41, 5.74) is 2.87. The fourth-order valence-corrected chi connectivity index (χ4v) is 4.35. The first kappa shape index (κ1) is 17.2. The number of hydrogen-bond donors (Lipinski definition) is 1. The number of aryl methyl sites for hydroxylation is 1. The number of thiazole rings is 1. The molecule has 26 heavy (non-hydrogen) atoms. The van der Waals surface area contributed by atoms with Gasteiger partial charge in [0.25, 0.3) is 0 Å². The molecule has 2 aromatic heterocycles. The van der Waals surface area contributed by atoms with E-state index in [1.54, 1.807) is 23.6 Å². The largest absolute Gasteiger partial charge is 0.274 e. The molecule has 0 spiro atoms. The van der Waals surface area contributed by atoms with Gasteiger partial charge >= 0.3 is 0 Å². The van der Waals surface area contributed by atoms with Crippen molar-refractivity contribution < 1.29 is 4.79 Å². The molecule has 1 N–H and O–H groups in total. The summed E-state index contributed by atoms with van der Waals surface area (Å²) in [5.74, 6) is 2.19. The average Bonchev–Trinajstić information content (AvgIpc) is 3.17. The molecule has 0 radical (unpaired) electrons. The lowest BCUT2D eigenvalue weighted by atomic mass is 10.2. The number of carbonyl (C=O) groups is 1. The SMILES string of the molecule is CC(=O)N(c1cccc(C)c1)c1nc(CSc2n[nH]c(C3CC3)n2)cs1. The third-order valence-electron chi connectivity index (χ3n) is 4.10. The molecule has 1 amide bonds. The third kappa shape index (κ3) is 3.81. The van der Waals surface area contributed by atoms with Crippen LogP contribution in [0, 0.1) is 6.92 Å². The summed E-state index contributed by atoms with van der Waals surface area (Å²) in [6.07, 6.45) is 2.41. The molecule has 134 valence electrons. The van der Waals surface area contributed by atoms with Gasteiger partial charge in [0.2, 0.25) is 11.1 Å². The monoisotopic (exact) mass is 385 g/mol. The van der Waals surface area contributed by atoms with Gasteiger partial charge in [-0.1, -0.05) is 23.9 Å². The molecule has 0 saturated heterocycles. The molecule has 1 saturated carbocycles. The van der Waals surface area contributed by atoms with Crippen molar-refractivity contribution >= 4 is 39.8 Å². The minimum atomic E-state index is -0.0489. The van der Waals surface area contributed by atoms with Gasteiger partial charge in [0.05, 0.1) is 11.4 Å². The summed E-state index contributed by atoms with van der Waals surface area (Å²) in [7, 11) is 0. The van der Waals surface area contributed by atoms with Crippen LogP contribution in [0.4, 0.5) is 10.8 Å². The molecule has 2 heterocycles. The first-order chi connectivity index (χ1) is 12.6. The number of amides is 1. The number of thioether (sulfide) groups is 1. The average molecular weight is 386 g/mol. The van der Waals surface area contributed by atoms with Crippen molar-refractivity contribution in [1.29, 1.82) is 0 Å². The van der Waals surface area contributed by atoms with E-state index in [-0.39, 0.29) is 5.91 Å². The Morgan fingerprint density at radius 1 is 1.38 bits per heavy atom. The second-order valence-corrected chi connectivity index (χ2v) is 8.16. The lowest BCUT2D eigenvalue weighted by molar-refractivity contribution is -0.115. The standard InChI is InChI=1S/C18H19N5OS2/c1-11-4-3-5-15(8-11)23(12(2)24)18-19-14(10-26-18)9-25-17-20-16(21-22-17)13-6-7-13/h3-5,8,10,13H,6-7,9H2,1-2H3,(H,20,21,22). The second kappa shape index (κ2) is 7.20. The predicted octanol–water partition coefficient (Wildman–Crippen LogP) is 4.42. The Labute approximate surface area is 160 Å². The Bertz CT molecular complexity index is 931. The summed E-state index contributed by atoms with van der Waals surface area (Å²) < 4.78 is 0. The van der Waals surface area contributed by atoms with Crippen LogP contribution in [-0.4, -0.2) is 26.1 Å². The van der Waals surface area contributed by atoms with Crippen molar-refractivity contribution in [3.05, 3.63) is 46.7 Å². The van der Waals surface area contributed by atoms with Gasteiger partial charge in [0.15, 0.2) is 5.13 Å². The summed E-state index contributed by atoms with van der Waals surface area (Å²) in [6.45, 7) is 3.57. The Morgan fingerprint density at radius 3 is 2.96 bits per heavy atom. The van der Waals surface area contributed by atoms with Crippen molar-refractivity contribution in [2.24, 2.45) is 0 Å². The van der Waals surface area contributed by atoms with Crippen LogP contribution >= 0.6 is 23.1 Å². The zero-order valence-corrected chi connectivity index (χ0v) is 16.2. The highest BCUT2D eigenvalue weighted by Crippen LogP contribution is 2.38. The van der Waals surface area contributed by atoms with E-state index in [4.69, 9.17) is 0 Å². The van der Waals surface area contributed by atoms with Crippen molar-refractivity contribution in [2.75, 3.05) is 4.90 Å². The van der Waals surface area contributed by atoms with E-state index in [2.05, 4.69) is 20.2 Å². The molecule has 0 bridgehead atoms. The lowest BCUT2D eigenvalue weighted by Crippen LogP contribution is -2.22. The van der Waals surface area contributed by atoms with Crippen LogP contribution in [0.25, 0.3) is 0 Å². The quantitative estimate of drug-likeness (QED) is 0.636. The number of aromatic nitrogens is 4. The molecule has 1 aliphatic carbocycles. The van der Waals surface area contributed by atoms with Gasteiger partial charge in [0, 0.05) is 24.0 Å². The highest BCUT2D eigenvalue weighted by Gasteiger charge is 2.27. The van der Waals surface area contributed by atoms with Gasteiger partial charge in [-0.05, 0) is 37.5 Å². The maximum absolute atomic E-state index is 12.2. The molecule has 1 fully saturated rings. The third-order valence-corrected chi connectivity index (χ3v) is 5.86. The lowest BCUT2D eigenvalue weighted by Gasteiger charge is -2.18. The zero-order chi connectivity index (χ0) is 18.1. The number of nitrogens with zero attached hydrogens (tertiary/aromatic N) is 4. The van der Waals surface area contributed by atoms with Crippen molar-refractivity contribution in [3.8, 4) is 0 Å². The molecule has 3 aromatic rings. The smallest absolute Gasteiger partial charge is 0.230 e. The molecular formula is C18H19N5OS2. The number of hydrogen-bond acceptors (Lipinski definition) is 6. The normalized spacial score (nSPS) is 13.8. The van der Waals surface area contributed by atoms with E-state index in [1.165, 1.54) is 24.2 Å². The van der Waals surface area contributed by atoms with Gasteiger partial charge in [0.1, 0.15) is 5.82 Å². The van der Waals surface area contributed by atoms with Crippen LogP contribution in [0.2, 0.25) is 0 Å². The Morgan fingerprint density at radius 2 is 2.23 bits per heavy atom. The van der Waals surface area contributed by atoms with E-state index >= 15 is 0 Å². The molecule has 1 aliphatic rings. The number of anilines is 2. The number of benzene rings is 1. The number of aromatic amines is 1. The van der Waals surface area contributed by atoms with E-state index in [0.717, 1.165) is 27.9 Å². The minimum Gasteiger partial charge on any atom is -0.274 e. The second-order valence-electron chi connectivity index (χ2n) is 6.38. The Balaban J connectivity index is 1.47. The highest BCUT2D eigenvalue weighted by atomic mass is 32.2. The Hall–Kier alpha value is -2.19. The van der Waals surface area contributed by atoms with Crippen molar-refractivity contribution in [2.45, 2.75) is 43.5 Å². The molecule has 0 atom stereocenters. The van der Waals surface area contributed by atoms with E-state index < -0.39 is 0 Å². The van der Waals surface area contributed by atoms with Crippen LogP contribution < -0.4 is 4.90 Å². The molecule has 8 heteroatoms. The van der Waals surface area contributed by atoms with Gasteiger partial charge in [-0.15, -0.1) is 16.4 Å². The molecular weight excluding hydrogens is 366 g/mol. The summed E-state index contributed by atoms with van der Waals surface area (Å²) in [5, 5.41) is 10.7. The van der Waals surface area contributed by atoms with Crippen LogP contribution in [0.5, 0.6) is 0 Å². The van der Waals surface area contributed by atoms with Crippen LogP contribution in [0.3, 0.4) is 0 Å². The van der Waals surface area contributed by atoms with Gasteiger partial charge < -0.3 is 0 Å². The van der Waals surface area contributed by atoms with Crippen molar-refractivity contribution in [3.63, 3.8) is 0 Å². The fourth-order valence-electron chi connectivity index (χ4n) is 2.66. The number of nitrogens with one attached hydrogen (secondary N) is 1. The maximum Gasteiger partial charge on any atom is 0.230 e. The number of rotatable bonds is 6. The number of carbonyl (C=O) groups excluding carboxylic acids is 1. The predicted molar refractivity (Wildman–Crippen MR) is 104 cm³/mol. The molecule has 1 aromatic carbocycles. The fraction of sp³-hybridized carbons (Fsp3) is 0.333. The van der Waals surface area contributed by atoms with Crippen LogP contribution in [0.1, 0.15) is 42.8 Å². The van der Waals surface area contributed by atoms with Crippen molar-refractivity contribution in [1.82, 2.24) is 20.2 Å². The first-order valence-electron chi connectivity index (χ1n) is 8.47. The summed E-state index contributed by atoms with van der Waals surface area (Å²) >= 11 is 3.03. The van der Waals surface area contributed by atoms with Crippen LogP contribution in [0.15, 0.2) is 34.8 Å². The molecule has 0 unspecified atom stereocenters. The molecule has 0 aliphatic heterocycles. The van der Waals surface area contributed by atoms with Gasteiger partial charge in [-0.2, -0.15) is 0 Å². The highest BCUT2D eigenvalue weighted by molar-refractivity contribution is 7.98. The zero-order valence-electron chi connectivity index (χ0n) is 14.6. The number of H-pyrrole nitrogens is 1. The van der Waals surface area contributed by atoms with Gasteiger partial charge in [-0.25, -0.2) is 9.97 Å². The Kier molecular flexibility index (Phi) is 4.78. The molecule has 4 rings (SSSR count). The first-order valence-corrected chi connectivity index (χ1v) is 10.3. The maximum atomic E-state index is 12.2. The minimum absolute atomic E-state index is 0.0489. The van der Waals surface area contributed by atoms with E-state index in [1.807, 2.05) is 36.6 Å². The van der Waals surface area contributed by atoms with Gasteiger partial charge in [-0.3, -0.25) is 14.8 Å². The topological polar surface area (TPSA) is 74.8 Å². The summed E-state index contributed by atoms with van der Waals surface area (Å²) in [6, 6.07) is 7.88. The van der Waals surface area contributed by atoms with E-state index in [9.17, 15) is 4.79 Å². The summed E-state index contributed by atoms with van der Waals surface area (Å²) in [4.78, 5) is 23.0. The van der Waals surface area contributed by atoms with E-state index in [0.29, 0.717) is 16.8 Å². The van der Waals surface area contributed by atoms with Crippen LogP contribution in [-0.2, 0) is 10.5 Å².